The lowest BCUT2D eigenvalue weighted by atomic mass is 10.1. The Labute approximate surface area is 113 Å². The molecule has 1 amide bonds. The van der Waals surface area contributed by atoms with Crippen molar-refractivity contribution >= 4 is 12.0 Å². The van der Waals surface area contributed by atoms with Gasteiger partial charge in [-0.1, -0.05) is 0 Å². The van der Waals surface area contributed by atoms with Crippen molar-refractivity contribution < 1.29 is 9.90 Å². The lowest BCUT2D eigenvalue weighted by Crippen LogP contribution is -2.27. The smallest absolute Gasteiger partial charge is 0.246 e. The Morgan fingerprint density at radius 3 is 2.79 bits per heavy atom. The normalized spacial score (nSPS) is 19.6. The predicted octanol–water partition coefficient (Wildman–Crippen LogP) is 0.891. The number of hydrogen-bond donors (Lipinski definition) is 1. The number of amides is 1. The second kappa shape index (κ2) is 5.57. The zero-order valence-corrected chi connectivity index (χ0v) is 11.8. The van der Waals surface area contributed by atoms with E-state index in [1.54, 1.807) is 11.0 Å². The number of nitrogens with zero attached hydrogens (tertiary/aromatic N) is 3. The van der Waals surface area contributed by atoms with Gasteiger partial charge in [0.05, 0.1) is 5.69 Å². The molecule has 2 rings (SSSR count). The monoisotopic (exact) mass is 263 g/mol. The van der Waals surface area contributed by atoms with E-state index in [4.69, 9.17) is 5.11 Å². The molecule has 1 fully saturated rings. The molecule has 1 atom stereocenters. The van der Waals surface area contributed by atoms with E-state index in [0.717, 1.165) is 29.9 Å². The molecule has 0 saturated carbocycles. The average molecular weight is 263 g/mol. The maximum Gasteiger partial charge on any atom is 0.246 e. The van der Waals surface area contributed by atoms with Crippen LogP contribution in [0.2, 0.25) is 0 Å². The average Bonchev–Trinajstić information content (AvgIpc) is 2.94. The molecule has 5 heteroatoms. The molecular formula is C14H21N3O2. The summed E-state index contributed by atoms with van der Waals surface area (Å²) in [7, 11) is 1.90. The van der Waals surface area contributed by atoms with Crippen molar-refractivity contribution in [3.8, 4) is 0 Å². The molecule has 1 aromatic heterocycles. The Morgan fingerprint density at radius 2 is 2.26 bits per heavy atom. The summed E-state index contributed by atoms with van der Waals surface area (Å²) in [4.78, 5) is 13.8. The van der Waals surface area contributed by atoms with Gasteiger partial charge in [0.15, 0.2) is 0 Å². The van der Waals surface area contributed by atoms with Crippen LogP contribution in [0.3, 0.4) is 0 Å². The lowest BCUT2D eigenvalue weighted by molar-refractivity contribution is -0.125. The molecule has 19 heavy (non-hydrogen) atoms. The summed E-state index contributed by atoms with van der Waals surface area (Å²) in [5.41, 5.74) is 2.99. The zero-order valence-electron chi connectivity index (χ0n) is 11.8. The van der Waals surface area contributed by atoms with E-state index in [-0.39, 0.29) is 18.4 Å². The Hall–Kier alpha value is -1.62. The molecule has 0 aliphatic carbocycles. The summed E-state index contributed by atoms with van der Waals surface area (Å²) in [5, 5.41) is 13.4. The molecule has 0 radical (unpaired) electrons. The van der Waals surface area contributed by atoms with Gasteiger partial charge in [-0.25, -0.2) is 0 Å². The van der Waals surface area contributed by atoms with Gasteiger partial charge in [0.2, 0.25) is 5.91 Å². The first-order valence-corrected chi connectivity index (χ1v) is 6.61. The fourth-order valence-electron chi connectivity index (χ4n) is 2.47. The Morgan fingerprint density at radius 1 is 1.53 bits per heavy atom. The van der Waals surface area contributed by atoms with Crippen LogP contribution in [-0.4, -0.2) is 45.4 Å². The molecule has 104 valence electrons. The minimum atomic E-state index is 0.0126. The highest BCUT2D eigenvalue weighted by atomic mass is 16.3. The van der Waals surface area contributed by atoms with E-state index in [1.807, 2.05) is 31.7 Å². The van der Waals surface area contributed by atoms with Crippen LogP contribution in [0.25, 0.3) is 6.08 Å². The molecule has 1 aliphatic heterocycles. The van der Waals surface area contributed by atoms with Crippen LogP contribution in [0.4, 0.5) is 0 Å². The first-order chi connectivity index (χ1) is 9.02. The van der Waals surface area contributed by atoms with E-state index in [0.29, 0.717) is 6.54 Å². The summed E-state index contributed by atoms with van der Waals surface area (Å²) in [6.45, 7) is 5.48. The van der Waals surface area contributed by atoms with Crippen molar-refractivity contribution in [2.75, 3.05) is 19.7 Å². The molecule has 1 unspecified atom stereocenters. The number of aromatic nitrogens is 2. The number of carbonyl (C=O) groups excluding carboxylic acids is 1. The molecule has 1 saturated heterocycles. The van der Waals surface area contributed by atoms with Crippen LogP contribution in [0.1, 0.15) is 23.4 Å². The molecule has 1 aliphatic rings. The van der Waals surface area contributed by atoms with Gasteiger partial charge in [0, 0.05) is 50.0 Å². The van der Waals surface area contributed by atoms with Gasteiger partial charge in [0.1, 0.15) is 0 Å². The van der Waals surface area contributed by atoms with Gasteiger partial charge in [-0.3, -0.25) is 9.48 Å². The fourth-order valence-corrected chi connectivity index (χ4v) is 2.47. The second-order valence-electron chi connectivity index (χ2n) is 5.16. The number of carbonyl (C=O) groups is 1. The maximum absolute atomic E-state index is 12.0. The van der Waals surface area contributed by atoms with Crippen LogP contribution >= 0.6 is 0 Å². The van der Waals surface area contributed by atoms with Crippen LogP contribution in [0.15, 0.2) is 6.08 Å². The van der Waals surface area contributed by atoms with Gasteiger partial charge >= 0.3 is 0 Å². The fraction of sp³-hybridized carbons (Fsp3) is 0.571. The quantitative estimate of drug-likeness (QED) is 0.824. The highest BCUT2D eigenvalue weighted by Gasteiger charge is 2.24. The van der Waals surface area contributed by atoms with Gasteiger partial charge in [-0.2, -0.15) is 5.10 Å². The predicted molar refractivity (Wildman–Crippen MR) is 73.5 cm³/mol. The third-order valence-electron chi connectivity index (χ3n) is 3.81. The number of aliphatic hydroxyl groups excluding tert-OH is 1. The lowest BCUT2D eigenvalue weighted by Gasteiger charge is -2.13. The third-order valence-corrected chi connectivity index (χ3v) is 3.81. The van der Waals surface area contributed by atoms with Gasteiger partial charge in [-0.15, -0.1) is 0 Å². The maximum atomic E-state index is 12.0. The second-order valence-corrected chi connectivity index (χ2v) is 5.16. The number of likely N-dealkylation sites (tertiary alicyclic amines) is 1. The topological polar surface area (TPSA) is 58.4 Å². The van der Waals surface area contributed by atoms with E-state index >= 15 is 0 Å². The third kappa shape index (κ3) is 2.87. The summed E-state index contributed by atoms with van der Waals surface area (Å²) >= 11 is 0. The first-order valence-electron chi connectivity index (χ1n) is 6.61. The molecular weight excluding hydrogens is 242 g/mol. The van der Waals surface area contributed by atoms with Crippen LogP contribution in [0, 0.1) is 19.8 Å². The number of aliphatic hydroxyl groups is 1. The Bertz CT molecular complexity index is 505. The summed E-state index contributed by atoms with van der Waals surface area (Å²) < 4.78 is 1.82. The largest absolute Gasteiger partial charge is 0.396 e. The van der Waals surface area contributed by atoms with Crippen molar-refractivity contribution in [3.05, 3.63) is 23.0 Å². The minimum Gasteiger partial charge on any atom is -0.396 e. The Balaban J connectivity index is 2.04. The zero-order chi connectivity index (χ0) is 14.0. The van der Waals surface area contributed by atoms with Gasteiger partial charge in [0.25, 0.3) is 0 Å². The van der Waals surface area contributed by atoms with E-state index in [2.05, 4.69) is 5.10 Å². The van der Waals surface area contributed by atoms with E-state index in [9.17, 15) is 4.79 Å². The highest BCUT2D eigenvalue weighted by molar-refractivity contribution is 5.92. The molecule has 1 N–H and O–H groups in total. The number of hydrogen-bond acceptors (Lipinski definition) is 3. The van der Waals surface area contributed by atoms with Crippen molar-refractivity contribution in [1.82, 2.24) is 14.7 Å². The molecule has 0 spiro atoms. The highest BCUT2D eigenvalue weighted by Crippen LogP contribution is 2.17. The summed E-state index contributed by atoms with van der Waals surface area (Å²) in [5.74, 6) is 0.248. The van der Waals surface area contributed by atoms with Crippen molar-refractivity contribution in [1.29, 1.82) is 0 Å². The number of aryl methyl sites for hydroxylation is 2. The number of rotatable bonds is 3. The van der Waals surface area contributed by atoms with E-state index < -0.39 is 0 Å². The molecule has 0 aromatic carbocycles. The van der Waals surface area contributed by atoms with E-state index in [1.165, 1.54) is 0 Å². The van der Waals surface area contributed by atoms with Crippen molar-refractivity contribution in [2.24, 2.45) is 13.0 Å². The molecule has 2 heterocycles. The van der Waals surface area contributed by atoms with Crippen LogP contribution < -0.4 is 0 Å². The molecule has 1 aromatic rings. The Kier molecular flexibility index (Phi) is 4.04. The van der Waals surface area contributed by atoms with Gasteiger partial charge in [-0.05, 0) is 26.3 Å². The SMILES string of the molecule is Cc1nn(C)c(C)c1/C=C/C(=O)N1CCC(CO)C1. The molecule has 5 nitrogen and oxygen atoms in total. The standard InChI is InChI=1S/C14H21N3O2/c1-10-13(11(2)16(3)15-10)4-5-14(19)17-7-6-12(8-17)9-18/h4-5,12,18H,6-9H2,1-3H3/b5-4+. The van der Waals surface area contributed by atoms with Gasteiger partial charge < -0.3 is 10.0 Å². The first kappa shape index (κ1) is 13.8. The summed E-state index contributed by atoms with van der Waals surface area (Å²) in [6, 6.07) is 0. The van der Waals surface area contributed by atoms with Crippen LogP contribution in [0.5, 0.6) is 0 Å². The van der Waals surface area contributed by atoms with Crippen LogP contribution in [-0.2, 0) is 11.8 Å². The van der Waals surface area contributed by atoms with Crippen molar-refractivity contribution in [3.63, 3.8) is 0 Å². The van der Waals surface area contributed by atoms with Crippen molar-refractivity contribution in [2.45, 2.75) is 20.3 Å². The molecule has 0 bridgehead atoms. The minimum absolute atomic E-state index is 0.0126. The summed E-state index contributed by atoms with van der Waals surface area (Å²) in [6.07, 6.45) is 4.34.